The Hall–Kier alpha value is -1.30. The summed E-state index contributed by atoms with van der Waals surface area (Å²) in [6.45, 7) is 0.694. The van der Waals surface area contributed by atoms with Gasteiger partial charge in [-0.15, -0.1) is 0 Å². The average Bonchev–Trinajstić information content (AvgIpc) is 2.32. The highest BCUT2D eigenvalue weighted by molar-refractivity contribution is 6.34. The zero-order valence-electron chi connectivity index (χ0n) is 10.6. The second-order valence-electron chi connectivity index (χ2n) is 3.93. The van der Waals surface area contributed by atoms with Gasteiger partial charge < -0.3 is 15.9 Å². The fraction of sp³-hybridized carbons (Fsp3) is 0.417. The van der Waals surface area contributed by atoms with Gasteiger partial charge >= 0.3 is 0 Å². The molecule has 0 heterocycles. The molecule has 1 rings (SSSR count). The molecule has 3 N–H and O–H groups in total. The van der Waals surface area contributed by atoms with E-state index >= 15 is 0 Å². The Bertz CT molecular complexity index is 412. The summed E-state index contributed by atoms with van der Waals surface area (Å²) < 4.78 is 0. The molecule has 0 aliphatic rings. The Morgan fingerprint density at radius 3 is 2.89 bits per heavy atom. The van der Waals surface area contributed by atoms with Crippen molar-refractivity contribution in [2.24, 2.45) is 0 Å². The molecule has 0 spiro atoms. The highest BCUT2D eigenvalue weighted by atomic mass is 35.5. The molecule has 5 nitrogen and oxygen atoms in total. The molecule has 0 radical (unpaired) electrons. The summed E-state index contributed by atoms with van der Waals surface area (Å²) in [5.41, 5.74) is 6.72. The summed E-state index contributed by atoms with van der Waals surface area (Å²) in [4.78, 5) is 16.6. The molecule has 1 aromatic rings. The van der Waals surface area contributed by atoms with Crippen molar-refractivity contribution in [3.8, 4) is 0 Å². The summed E-state index contributed by atoms with van der Waals surface area (Å²) in [5.74, 6) is -0.0776. The number of amides is 1. The summed E-state index contributed by atoms with van der Waals surface area (Å²) in [6, 6.07) is 4.99. The van der Waals surface area contributed by atoms with Gasteiger partial charge in [0.2, 0.25) is 5.91 Å². The fourth-order valence-electron chi connectivity index (χ4n) is 1.40. The van der Waals surface area contributed by atoms with Crippen LogP contribution in [0.3, 0.4) is 0 Å². The number of hydrogen-bond donors (Lipinski definition) is 2. The number of nitrogen functional groups attached to an aromatic ring is 1. The first kappa shape index (κ1) is 14.8. The van der Waals surface area contributed by atoms with E-state index in [0.29, 0.717) is 35.8 Å². The van der Waals surface area contributed by atoms with Gasteiger partial charge in [-0.2, -0.15) is 5.06 Å². The van der Waals surface area contributed by atoms with Gasteiger partial charge in [-0.3, -0.25) is 4.79 Å². The SMILES string of the molecule is CON(C)CCCC(=O)Nc1ccc(N)cc1Cl. The first-order valence-electron chi connectivity index (χ1n) is 5.63. The van der Waals surface area contributed by atoms with E-state index in [1.165, 1.54) is 0 Å². The number of nitrogens with zero attached hydrogens (tertiary/aromatic N) is 1. The lowest BCUT2D eigenvalue weighted by Gasteiger charge is -2.13. The van der Waals surface area contributed by atoms with Crippen LogP contribution in [0.2, 0.25) is 5.02 Å². The molecule has 100 valence electrons. The molecular weight excluding hydrogens is 254 g/mol. The highest BCUT2D eigenvalue weighted by Crippen LogP contribution is 2.24. The van der Waals surface area contributed by atoms with Gasteiger partial charge in [-0.1, -0.05) is 11.6 Å². The number of benzene rings is 1. The molecule has 0 bridgehead atoms. The largest absolute Gasteiger partial charge is 0.399 e. The number of nitrogens with one attached hydrogen (secondary N) is 1. The lowest BCUT2D eigenvalue weighted by Crippen LogP contribution is -2.20. The Kier molecular flexibility index (Phi) is 5.91. The molecule has 0 saturated carbocycles. The van der Waals surface area contributed by atoms with Crippen LogP contribution in [0, 0.1) is 0 Å². The average molecular weight is 272 g/mol. The second-order valence-corrected chi connectivity index (χ2v) is 4.33. The third kappa shape index (κ3) is 4.91. The van der Waals surface area contributed by atoms with E-state index in [0.717, 1.165) is 0 Å². The minimum Gasteiger partial charge on any atom is -0.399 e. The van der Waals surface area contributed by atoms with Crippen molar-refractivity contribution >= 4 is 28.9 Å². The van der Waals surface area contributed by atoms with Gasteiger partial charge in [0.25, 0.3) is 0 Å². The Morgan fingerprint density at radius 1 is 1.56 bits per heavy atom. The summed E-state index contributed by atoms with van der Waals surface area (Å²) in [7, 11) is 3.41. The number of halogens is 1. The maximum Gasteiger partial charge on any atom is 0.224 e. The predicted molar refractivity (Wildman–Crippen MR) is 73.4 cm³/mol. The van der Waals surface area contributed by atoms with Crippen LogP contribution in [0.15, 0.2) is 18.2 Å². The van der Waals surface area contributed by atoms with Crippen LogP contribution in [0.5, 0.6) is 0 Å². The lowest BCUT2D eigenvalue weighted by molar-refractivity contribution is -0.119. The lowest BCUT2D eigenvalue weighted by atomic mass is 10.2. The van der Waals surface area contributed by atoms with Crippen LogP contribution in [0.4, 0.5) is 11.4 Å². The van der Waals surface area contributed by atoms with Gasteiger partial charge in [0.1, 0.15) is 0 Å². The minimum atomic E-state index is -0.0776. The minimum absolute atomic E-state index is 0.0776. The quantitative estimate of drug-likeness (QED) is 0.614. The van der Waals surface area contributed by atoms with Gasteiger partial charge in [0.15, 0.2) is 0 Å². The Balaban J connectivity index is 2.40. The maximum atomic E-state index is 11.7. The molecule has 0 aliphatic heterocycles. The summed E-state index contributed by atoms with van der Waals surface area (Å²) >= 11 is 5.96. The molecule has 0 saturated heterocycles. The smallest absolute Gasteiger partial charge is 0.224 e. The summed E-state index contributed by atoms with van der Waals surface area (Å²) in [5, 5.41) is 4.86. The van der Waals surface area contributed by atoms with Crippen LogP contribution in [0.25, 0.3) is 0 Å². The van der Waals surface area contributed by atoms with E-state index in [9.17, 15) is 4.79 Å². The maximum absolute atomic E-state index is 11.7. The monoisotopic (exact) mass is 271 g/mol. The van der Waals surface area contributed by atoms with Crippen molar-refractivity contribution < 1.29 is 9.63 Å². The van der Waals surface area contributed by atoms with Crippen molar-refractivity contribution in [3.63, 3.8) is 0 Å². The number of hydroxylamine groups is 2. The van der Waals surface area contributed by atoms with Gasteiger partial charge in [0, 0.05) is 25.7 Å². The zero-order chi connectivity index (χ0) is 13.5. The van der Waals surface area contributed by atoms with Gasteiger partial charge in [-0.25, -0.2) is 0 Å². The predicted octanol–water partition coefficient (Wildman–Crippen LogP) is 2.13. The number of carbonyl (C=O) groups is 1. The zero-order valence-corrected chi connectivity index (χ0v) is 11.3. The third-order valence-corrected chi connectivity index (χ3v) is 2.77. The second kappa shape index (κ2) is 7.20. The molecular formula is C12H18ClN3O2. The molecule has 1 aromatic carbocycles. The molecule has 6 heteroatoms. The van der Waals surface area contributed by atoms with E-state index in [1.807, 2.05) is 7.05 Å². The Morgan fingerprint density at radius 2 is 2.28 bits per heavy atom. The number of rotatable bonds is 6. The fourth-order valence-corrected chi connectivity index (χ4v) is 1.64. The normalized spacial score (nSPS) is 10.7. The first-order valence-corrected chi connectivity index (χ1v) is 6.01. The molecule has 0 aromatic heterocycles. The van der Waals surface area contributed by atoms with Crippen LogP contribution < -0.4 is 11.1 Å². The summed E-state index contributed by atoms with van der Waals surface area (Å²) in [6.07, 6.45) is 1.12. The van der Waals surface area contributed by atoms with Crippen LogP contribution in [-0.2, 0) is 9.63 Å². The van der Waals surface area contributed by atoms with Gasteiger partial charge in [-0.05, 0) is 24.6 Å². The molecule has 1 amide bonds. The first-order chi connectivity index (χ1) is 8.52. The molecule has 18 heavy (non-hydrogen) atoms. The van der Waals surface area contributed by atoms with E-state index in [4.69, 9.17) is 22.2 Å². The highest BCUT2D eigenvalue weighted by Gasteiger charge is 2.06. The molecule has 0 unspecified atom stereocenters. The Labute approximate surface area is 112 Å². The van der Waals surface area contributed by atoms with Crippen LogP contribution >= 0.6 is 11.6 Å². The molecule has 0 aliphatic carbocycles. The van der Waals surface area contributed by atoms with Crippen molar-refractivity contribution in [3.05, 3.63) is 23.2 Å². The van der Waals surface area contributed by atoms with Crippen LogP contribution in [-0.4, -0.2) is 31.7 Å². The van der Waals surface area contributed by atoms with Crippen molar-refractivity contribution in [2.45, 2.75) is 12.8 Å². The van der Waals surface area contributed by atoms with Crippen molar-refractivity contribution in [1.29, 1.82) is 0 Å². The number of nitrogens with two attached hydrogens (primary N) is 1. The van der Waals surface area contributed by atoms with Crippen LogP contribution in [0.1, 0.15) is 12.8 Å². The standard InChI is InChI=1S/C12H18ClN3O2/c1-16(18-2)7-3-4-12(17)15-11-6-5-9(14)8-10(11)13/h5-6,8H,3-4,7,14H2,1-2H3,(H,15,17). The van der Waals surface area contributed by atoms with E-state index in [1.54, 1.807) is 30.4 Å². The topological polar surface area (TPSA) is 67.6 Å². The molecule has 0 fully saturated rings. The van der Waals surface area contributed by atoms with E-state index < -0.39 is 0 Å². The van der Waals surface area contributed by atoms with E-state index in [2.05, 4.69) is 5.32 Å². The van der Waals surface area contributed by atoms with Crippen molar-refractivity contribution in [2.75, 3.05) is 31.8 Å². The van der Waals surface area contributed by atoms with E-state index in [-0.39, 0.29) is 5.91 Å². The number of hydrogen-bond acceptors (Lipinski definition) is 4. The van der Waals surface area contributed by atoms with Crippen molar-refractivity contribution in [1.82, 2.24) is 5.06 Å². The number of anilines is 2. The molecule has 0 atom stereocenters. The third-order valence-electron chi connectivity index (χ3n) is 2.46. The number of carbonyl (C=O) groups excluding carboxylic acids is 1. The van der Waals surface area contributed by atoms with Gasteiger partial charge in [0.05, 0.1) is 17.8 Å².